The minimum atomic E-state index is -0.813. The minimum absolute atomic E-state index is 0.0824. The van der Waals surface area contributed by atoms with Crippen molar-refractivity contribution in [3.8, 4) is 17.4 Å². The number of carbonyl (C=O) groups excluding carboxylic acids is 1. The van der Waals surface area contributed by atoms with Crippen molar-refractivity contribution in [3.63, 3.8) is 0 Å². The molecule has 2 aromatic carbocycles. The van der Waals surface area contributed by atoms with E-state index in [0.717, 1.165) is 6.07 Å². The highest BCUT2D eigenvalue weighted by molar-refractivity contribution is 6.32. The van der Waals surface area contributed by atoms with Crippen LogP contribution in [-0.4, -0.2) is 15.8 Å². The summed E-state index contributed by atoms with van der Waals surface area (Å²) >= 11 is 5.74. The minimum Gasteiger partial charge on any atom is -0.457 e. The zero-order valence-electron chi connectivity index (χ0n) is 15.4. The monoisotopic (exact) mass is 438 g/mol. The first-order valence-corrected chi connectivity index (χ1v) is 8.88. The standard InChI is InChI=1S/C20H11ClN4O6/c21-17-6-4-14(10-18(17)25(29)30)23-20(26)13(11-22)9-16-5-7-19(31-16)12-2-1-3-15(8-12)24(27)28/h1-10H,(H,23,26)/b13-9+. The number of hydrogen-bond donors (Lipinski definition) is 1. The Bertz CT molecular complexity index is 1270. The molecule has 0 saturated heterocycles. The lowest BCUT2D eigenvalue weighted by Crippen LogP contribution is -2.13. The Balaban J connectivity index is 1.83. The average Bonchev–Trinajstić information content (AvgIpc) is 3.22. The van der Waals surface area contributed by atoms with Crippen LogP contribution in [0.1, 0.15) is 5.76 Å². The number of anilines is 1. The van der Waals surface area contributed by atoms with Gasteiger partial charge in [-0.05, 0) is 24.3 Å². The maximum absolute atomic E-state index is 12.4. The highest BCUT2D eigenvalue weighted by Crippen LogP contribution is 2.28. The second-order valence-corrected chi connectivity index (χ2v) is 6.46. The Hall–Kier alpha value is -4.49. The third kappa shape index (κ3) is 4.92. The number of nitro groups is 2. The van der Waals surface area contributed by atoms with Crippen LogP contribution >= 0.6 is 11.6 Å². The van der Waals surface area contributed by atoms with Crippen LogP contribution in [0.4, 0.5) is 17.1 Å². The zero-order valence-corrected chi connectivity index (χ0v) is 16.2. The molecule has 0 aliphatic rings. The molecular formula is C20H11ClN4O6. The van der Waals surface area contributed by atoms with Crippen LogP contribution in [0.3, 0.4) is 0 Å². The number of furan rings is 1. The third-order valence-corrected chi connectivity index (χ3v) is 4.34. The molecule has 1 N–H and O–H groups in total. The van der Waals surface area contributed by atoms with Crippen molar-refractivity contribution in [1.82, 2.24) is 0 Å². The molecule has 3 rings (SSSR count). The number of nitriles is 1. The highest BCUT2D eigenvalue weighted by Gasteiger charge is 2.16. The Labute approximate surface area is 179 Å². The number of nitro benzene ring substituents is 2. The molecule has 0 atom stereocenters. The number of benzene rings is 2. The topological polar surface area (TPSA) is 152 Å². The molecule has 11 heteroatoms. The summed E-state index contributed by atoms with van der Waals surface area (Å²) < 4.78 is 5.57. The number of hydrogen-bond acceptors (Lipinski definition) is 7. The van der Waals surface area contributed by atoms with Gasteiger partial charge in [-0.25, -0.2) is 0 Å². The molecule has 0 saturated carbocycles. The fraction of sp³-hybridized carbons (Fsp3) is 0. The van der Waals surface area contributed by atoms with Crippen LogP contribution in [0.25, 0.3) is 17.4 Å². The highest BCUT2D eigenvalue weighted by atomic mass is 35.5. The van der Waals surface area contributed by atoms with E-state index in [1.165, 1.54) is 42.5 Å². The van der Waals surface area contributed by atoms with Gasteiger partial charge in [0, 0.05) is 35.5 Å². The van der Waals surface area contributed by atoms with E-state index in [2.05, 4.69) is 5.32 Å². The summed E-state index contributed by atoms with van der Waals surface area (Å²) in [5, 5.41) is 33.5. The molecule has 0 aliphatic heterocycles. The van der Waals surface area contributed by atoms with Crippen LogP contribution in [0.2, 0.25) is 5.02 Å². The van der Waals surface area contributed by atoms with E-state index < -0.39 is 21.4 Å². The Kier molecular flexibility index (Phi) is 6.09. The SMILES string of the molecule is N#C/C(=C\c1ccc(-c2cccc([N+](=O)[O-])c2)o1)C(=O)Nc1ccc(Cl)c([N+](=O)[O-])c1. The normalized spacial score (nSPS) is 10.9. The lowest BCUT2D eigenvalue weighted by molar-refractivity contribution is -0.384. The molecule has 0 fully saturated rings. The molecule has 31 heavy (non-hydrogen) atoms. The van der Waals surface area contributed by atoms with Crippen LogP contribution < -0.4 is 5.32 Å². The van der Waals surface area contributed by atoms with E-state index in [-0.39, 0.29) is 27.7 Å². The van der Waals surface area contributed by atoms with Gasteiger partial charge in [-0.3, -0.25) is 25.0 Å². The molecule has 0 bridgehead atoms. The van der Waals surface area contributed by atoms with Gasteiger partial charge in [0.15, 0.2) is 0 Å². The molecule has 10 nitrogen and oxygen atoms in total. The number of halogens is 1. The van der Waals surface area contributed by atoms with E-state index in [4.69, 9.17) is 16.0 Å². The van der Waals surface area contributed by atoms with Crippen LogP contribution in [0.15, 0.2) is 64.6 Å². The lowest BCUT2D eigenvalue weighted by Gasteiger charge is -2.04. The van der Waals surface area contributed by atoms with E-state index in [0.29, 0.717) is 11.3 Å². The number of amides is 1. The molecular weight excluding hydrogens is 428 g/mol. The second kappa shape index (κ2) is 8.89. The van der Waals surface area contributed by atoms with Gasteiger partial charge in [0.1, 0.15) is 28.2 Å². The van der Waals surface area contributed by atoms with Gasteiger partial charge in [0.2, 0.25) is 0 Å². The van der Waals surface area contributed by atoms with Gasteiger partial charge in [0.05, 0.1) is 9.85 Å². The number of nitrogens with one attached hydrogen (secondary N) is 1. The molecule has 1 amide bonds. The van der Waals surface area contributed by atoms with Crippen LogP contribution in [0.5, 0.6) is 0 Å². The largest absolute Gasteiger partial charge is 0.457 e. The smallest absolute Gasteiger partial charge is 0.289 e. The first-order valence-electron chi connectivity index (χ1n) is 8.50. The molecule has 3 aromatic rings. The van der Waals surface area contributed by atoms with Crippen molar-refractivity contribution >= 4 is 40.6 Å². The van der Waals surface area contributed by atoms with E-state index in [1.54, 1.807) is 18.2 Å². The number of rotatable bonds is 6. The second-order valence-electron chi connectivity index (χ2n) is 6.06. The third-order valence-electron chi connectivity index (χ3n) is 4.02. The lowest BCUT2D eigenvalue weighted by atomic mass is 10.1. The molecule has 154 valence electrons. The van der Waals surface area contributed by atoms with Gasteiger partial charge < -0.3 is 9.73 Å². The summed E-state index contributed by atoms with van der Waals surface area (Å²) in [6, 6.07) is 14.2. The quantitative estimate of drug-likeness (QED) is 0.247. The predicted octanol–water partition coefficient (Wildman–Crippen LogP) is 4.96. The van der Waals surface area contributed by atoms with Gasteiger partial charge in [0.25, 0.3) is 17.3 Å². The molecule has 0 radical (unpaired) electrons. The van der Waals surface area contributed by atoms with Crippen molar-refractivity contribution in [2.75, 3.05) is 5.32 Å². The van der Waals surface area contributed by atoms with Crippen molar-refractivity contribution < 1.29 is 19.1 Å². The Morgan fingerprint density at radius 3 is 2.55 bits per heavy atom. The van der Waals surface area contributed by atoms with E-state index in [9.17, 15) is 30.3 Å². The van der Waals surface area contributed by atoms with Crippen LogP contribution in [0, 0.1) is 31.6 Å². The van der Waals surface area contributed by atoms with Gasteiger partial charge in [-0.2, -0.15) is 5.26 Å². The summed E-state index contributed by atoms with van der Waals surface area (Å²) in [5.74, 6) is -0.344. The molecule has 0 aliphatic carbocycles. The Morgan fingerprint density at radius 2 is 1.87 bits per heavy atom. The molecule has 1 heterocycles. The van der Waals surface area contributed by atoms with Crippen molar-refractivity contribution in [1.29, 1.82) is 5.26 Å². The summed E-state index contributed by atoms with van der Waals surface area (Å²) in [4.78, 5) is 33.0. The summed E-state index contributed by atoms with van der Waals surface area (Å²) in [6.07, 6.45) is 1.18. The van der Waals surface area contributed by atoms with Crippen LogP contribution in [-0.2, 0) is 4.79 Å². The fourth-order valence-electron chi connectivity index (χ4n) is 2.58. The maximum atomic E-state index is 12.4. The predicted molar refractivity (Wildman–Crippen MR) is 111 cm³/mol. The molecule has 0 unspecified atom stereocenters. The average molecular weight is 439 g/mol. The number of carbonyl (C=O) groups is 1. The summed E-state index contributed by atoms with van der Waals surface area (Å²) in [5.41, 5.74) is -0.295. The van der Waals surface area contributed by atoms with Gasteiger partial charge in [-0.15, -0.1) is 0 Å². The summed E-state index contributed by atoms with van der Waals surface area (Å²) in [7, 11) is 0. The summed E-state index contributed by atoms with van der Waals surface area (Å²) in [6.45, 7) is 0. The maximum Gasteiger partial charge on any atom is 0.289 e. The van der Waals surface area contributed by atoms with E-state index in [1.807, 2.05) is 0 Å². The van der Waals surface area contributed by atoms with Gasteiger partial charge >= 0.3 is 0 Å². The van der Waals surface area contributed by atoms with Crippen molar-refractivity contribution in [2.24, 2.45) is 0 Å². The van der Waals surface area contributed by atoms with Crippen molar-refractivity contribution in [2.45, 2.75) is 0 Å². The molecule has 0 spiro atoms. The Morgan fingerprint density at radius 1 is 1.10 bits per heavy atom. The number of non-ortho nitro benzene ring substituents is 1. The first kappa shape index (κ1) is 21.2. The van der Waals surface area contributed by atoms with Crippen molar-refractivity contribution in [3.05, 3.63) is 91.2 Å². The fourth-order valence-corrected chi connectivity index (χ4v) is 2.76. The number of nitrogens with zero attached hydrogens (tertiary/aromatic N) is 3. The molecule has 1 aromatic heterocycles. The van der Waals surface area contributed by atoms with E-state index >= 15 is 0 Å². The first-order chi connectivity index (χ1) is 14.8. The van der Waals surface area contributed by atoms with Gasteiger partial charge in [-0.1, -0.05) is 23.7 Å². The zero-order chi connectivity index (χ0) is 22.5.